The first-order chi connectivity index (χ1) is 17.7. The van der Waals surface area contributed by atoms with Crippen LogP contribution in [0.1, 0.15) is 62.2 Å². The zero-order valence-corrected chi connectivity index (χ0v) is 22.3. The van der Waals surface area contributed by atoms with Gasteiger partial charge in [0.1, 0.15) is 18.1 Å². The number of alkyl halides is 1. The van der Waals surface area contributed by atoms with Gasteiger partial charge in [0.05, 0.1) is 12.3 Å². The number of anilines is 2. The number of hydrogen-bond donors (Lipinski definition) is 2. The molecule has 2 heterocycles. The van der Waals surface area contributed by atoms with E-state index in [4.69, 9.17) is 4.74 Å². The molecular weight excluding hydrogens is 471 g/mol. The molecular formula is C29H37FN4O3. The number of carbonyl (C=O) groups excluding carboxylic acids is 1. The minimum Gasteiger partial charge on any atom is -0.475 e. The van der Waals surface area contributed by atoms with Gasteiger partial charge in [0.25, 0.3) is 5.91 Å². The second kappa shape index (κ2) is 12.6. The Kier molecular flexibility index (Phi) is 9.58. The Morgan fingerprint density at radius 1 is 1.11 bits per heavy atom. The Hall–Kier alpha value is -3.52. The zero-order chi connectivity index (χ0) is 27.0. The van der Waals surface area contributed by atoms with Crippen molar-refractivity contribution in [2.75, 3.05) is 36.5 Å². The van der Waals surface area contributed by atoms with E-state index in [1.165, 1.54) is 26.1 Å². The maximum Gasteiger partial charge on any atom is 0.255 e. The van der Waals surface area contributed by atoms with Crippen molar-refractivity contribution in [3.63, 3.8) is 0 Å². The van der Waals surface area contributed by atoms with E-state index in [2.05, 4.69) is 34.0 Å². The minimum atomic E-state index is -1.65. The summed E-state index contributed by atoms with van der Waals surface area (Å²) in [5, 5.41) is 12.2. The summed E-state index contributed by atoms with van der Waals surface area (Å²) in [6.07, 6.45) is 3.40. The fourth-order valence-corrected chi connectivity index (χ4v) is 4.02. The number of halogens is 1. The number of pyridine rings is 2. The van der Waals surface area contributed by atoms with Gasteiger partial charge in [-0.15, -0.1) is 0 Å². The molecule has 0 fully saturated rings. The molecule has 3 rings (SSSR count). The number of rotatable bonds is 12. The van der Waals surface area contributed by atoms with Crippen molar-refractivity contribution in [1.29, 1.82) is 0 Å². The Morgan fingerprint density at radius 3 is 2.49 bits per heavy atom. The molecule has 0 saturated heterocycles. The highest BCUT2D eigenvalue weighted by molar-refractivity contribution is 6.04. The minimum absolute atomic E-state index is 0.105. The maximum atomic E-state index is 14.3. The van der Waals surface area contributed by atoms with Crippen LogP contribution < -0.4 is 15.0 Å². The van der Waals surface area contributed by atoms with Gasteiger partial charge in [-0.05, 0) is 80.6 Å². The Bertz CT molecular complexity index is 1200. The third kappa shape index (κ3) is 7.49. The van der Waals surface area contributed by atoms with E-state index < -0.39 is 5.67 Å². The molecule has 0 radical (unpaired) electrons. The lowest BCUT2D eigenvalue weighted by Crippen LogP contribution is -2.26. The van der Waals surface area contributed by atoms with Gasteiger partial charge in [-0.2, -0.15) is 4.98 Å². The van der Waals surface area contributed by atoms with E-state index in [-0.39, 0.29) is 24.8 Å². The summed E-state index contributed by atoms with van der Waals surface area (Å²) in [5.74, 6) is 0.897. The molecule has 0 spiro atoms. The van der Waals surface area contributed by atoms with Crippen LogP contribution in [0, 0.1) is 6.92 Å². The Balaban J connectivity index is 1.97. The lowest BCUT2D eigenvalue weighted by Gasteiger charge is -2.24. The number of amides is 1. The lowest BCUT2D eigenvalue weighted by molar-refractivity contribution is 0.102. The first-order valence-corrected chi connectivity index (χ1v) is 12.7. The number of hydrogen-bond acceptors (Lipinski definition) is 6. The van der Waals surface area contributed by atoms with Crippen molar-refractivity contribution in [3.8, 4) is 17.0 Å². The van der Waals surface area contributed by atoms with Gasteiger partial charge < -0.3 is 20.1 Å². The number of ether oxygens (including phenoxy) is 1. The van der Waals surface area contributed by atoms with Gasteiger partial charge in [-0.3, -0.25) is 9.78 Å². The smallest absolute Gasteiger partial charge is 0.255 e. The summed E-state index contributed by atoms with van der Waals surface area (Å²) in [6.45, 7) is 10.9. The first kappa shape index (κ1) is 28.1. The standard InChI is InChI=1S/C29H37FN4O3/c1-6-12-34(13-7-2)26-17-22(18-27(33-26)37-15-14-35)24-19-23(9-8-20(24)3)32-28(36)21-10-11-31-25(16-21)29(4,5)30/h8-11,16-19,35H,6-7,12-15H2,1-5H3,(H,32,36). The SMILES string of the molecule is CCCN(CCC)c1cc(-c2cc(NC(=O)c3ccnc(C(C)(C)F)c3)ccc2C)cc(OCCO)n1. The van der Waals surface area contributed by atoms with Crippen LogP contribution in [0.5, 0.6) is 5.88 Å². The van der Waals surface area contributed by atoms with Gasteiger partial charge >= 0.3 is 0 Å². The summed E-state index contributed by atoms with van der Waals surface area (Å²) in [6, 6.07) is 12.6. The van der Waals surface area contributed by atoms with Crippen molar-refractivity contribution in [1.82, 2.24) is 9.97 Å². The van der Waals surface area contributed by atoms with Crippen LogP contribution in [0.15, 0.2) is 48.7 Å². The van der Waals surface area contributed by atoms with Crippen LogP contribution in [0.2, 0.25) is 0 Å². The summed E-state index contributed by atoms with van der Waals surface area (Å²) >= 11 is 0. The van der Waals surface area contributed by atoms with Crippen molar-refractivity contribution in [2.45, 2.75) is 53.1 Å². The molecule has 0 saturated carbocycles. The van der Waals surface area contributed by atoms with Crippen LogP contribution in [0.3, 0.4) is 0 Å². The normalized spacial score (nSPS) is 11.3. The quantitative estimate of drug-likeness (QED) is 0.316. The molecule has 0 aliphatic carbocycles. The van der Waals surface area contributed by atoms with Crippen LogP contribution in [0.4, 0.5) is 15.9 Å². The Labute approximate surface area is 218 Å². The fraction of sp³-hybridized carbons (Fsp3) is 0.414. The molecule has 3 aromatic rings. The van der Waals surface area contributed by atoms with E-state index in [1.54, 1.807) is 6.07 Å². The van der Waals surface area contributed by atoms with Crippen LogP contribution >= 0.6 is 0 Å². The van der Waals surface area contributed by atoms with Crippen molar-refractivity contribution in [2.24, 2.45) is 0 Å². The number of aliphatic hydroxyl groups is 1. The van der Waals surface area contributed by atoms with Crippen molar-refractivity contribution < 1.29 is 19.0 Å². The van der Waals surface area contributed by atoms with E-state index in [0.29, 0.717) is 17.1 Å². The monoisotopic (exact) mass is 508 g/mol. The van der Waals surface area contributed by atoms with Crippen LogP contribution in [-0.4, -0.2) is 47.3 Å². The summed E-state index contributed by atoms with van der Waals surface area (Å²) in [4.78, 5) is 23.9. The average molecular weight is 509 g/mol. The highest BCUT2D eigenvalue weighted by Crippen LogP contribution is 2.32. The van der Waals surface area contributed by atoms with E-state index in [9.17, 15) is 14.3 Å². The lowest BCUT2D eigenvalue weighted by atomic mass is 10.00. The number of aromatic nitrogens is 2. The molecule has 1 aromatic carbocycles. The average Bonchev–Trinajstić information content (AvgIpc) is 2.87. The summed E-state index contributed by atoms with van der Waals surface area (Å²) in [5.41, 5.74) is 2.33. The van der Waals surface area contributed by atoms with Crippen molar-refractivity contribution in [3.05, 3.63) is 65.5 Å². The predicted molar refractivity (Wildman–Crippen MR) is 146 cm³/mol. The molecule has 0 aliphatic heterocycles. The van der Waals surface area contributed by atoms with Gasteiger partial charge in [-0.1, -0.05) is 19.9 Å². The molecule has 0 aliphatic rings. The number of nitrogens with zero attached hydrogens (tertiary/aromatic N) is 3. The topological polar surface area (TPSA) is 87.6 Å². The molecule has 7 nitrogen and oxygen atoms in total. The first-order valence-electron chi connectivity index (χ1n) is 12.7. The molecule has 2 N–H and O–H groups in total. The van der Waals surface area contributed by atoms with E-state index in [0.717, 1.165) is 48.4 Å². The molecule has 0 atom stereocenters. The van der Waals surface area contributed by atoms with Gasteiger partial charge in [-0.25, -0.2) is 4.39 Å². The highest BCUT2D eigenvalue weighted by Gasteiger charge is 2.22. The third-order valence-corrected chi connectivity index (χ3v) is 5.88. The third-order valence-electron chi connectivity index (χ3n) is 5.88. The number of carbonyl (C=O) groups is 1. The second-order valence-electron chi connectivity index (χ2n) is 9.50. The van der Waals surface area contributed by atoms with Gasteiger partial charge in [0, 0.05) is 36.6 Å². The molecule has 198 valence electrons. The number of aliphatic hydroxyl groups excluding tert-OH is 1. The largest absolute Gasteiger partial charge is 0.475 e. The maximum absolute atomic E-state index is 14.3. The van der Waals surface area contributed by atoms with Crippen LogP contribution in [-0.2, 0) is 5.67 Å². The van der Waals surface area contributed by atoms with Gasteiger partial charge in [0.2, 0.25) is 5.88 Å². The molecule has 37 heavy (non-hydrogen) atoms. The number of benzene rings is 1. The number of aryl methyl sites for hydroxylation is 1. The molecule has 8 heteroatoms. The molecule has 0 bridgehead atoms. The molecule has 1 amide bonds. The Morgan fingerprint density at radius 2 is 1.84 bits per heavy atom. The fourth-order valence-electron chi connectivity index (χ4n) is 4.02. The van der Waals surface area contributed by atoms with Crippen LogP contribution in [0.25, 0.3) is 11.1 Å². The molecule has 2 aromatic heterocycles. The summed E-state index contributed by atoms with van der Waals surface area (Å²) < 4.78 is 20.0. The van der Waals surface area contributed by atoms with Gasteiger partial charge in [0.15, 0.2) is 0 Å². The summed E-state index contributed by atoms with van der Waals surface area (Å²) in [7, 11) is 0. The van der Waals surface area contributed by atoms with E-state index >= 15 is 0 Å². The van der Waals surface area contributed by atoms with E-state index in [1.807, 2.05) is 37.3 Å². The predicted octanol–water partition coefficient (Wildman–Crippen LogP) is 5.91. The zero-order valence-electron chi connectivity index (χ0n) is 22.3. The number of nitrogens with one attached hydrogen (secondary N) is 1. The van der Waals surface area contributed by atoms with Crippen molar-refractivity contribution >= 4 is 17.4 Å². The molecule has 0 unspecified atom stereocenters. The second-order valence-corrected chi connectivity index (χ2v) is 9.50. The highest BCUT2D eigenvalue weighted by atomic mass is 19.1.